The minimum atomic E-state index is -0.428. The van der Waals surface area contributed by atoms with E-state index in [9.17, 15) is 9.59 Å². The topological polar surface area (TPSA) is 105 Å². The average Bonchev–Trinajstić information content (AvgIpc) is 3.19. The lowest BCUT2D eigenvalue weighted by molar-refractivity contribution is -0.122. The van der Waals surface area contributed by atoms with E-state index >= 15 is 0 Å². The van der Waals surface area contributed by atoms with E-state index in [1.54, 1.807) is 24.5 Å². The highest BCUT2D eigenvalue weighted by Gasteiger charge is 2.15. The van der Waals surface area contributed by atoms with Gasteiger partial charge in [0.2, 0.25) is 5.91 Å². The Morgan fingerprint density at radius 2 is 2.00 bits per heavy atom. The fourth-order valence-electron chi connectivity index (χ4n) is 2.86. The summed E-state index contributed by atoms with van der Waals surface area (Å²) in [6.45, 7) is 5.76. The maximum Gasteiger partial charge on any atom is 0.273 e. The number of furan rings is 1. The predicted molar refractivity (Wildman–Crippen MR) is 106 cm³/mol. The van der Waals surface area contributed by atoms with Crippen molar-refractivity contribution in [1.29, 1.82) is 0 Å². The molecule has 0 atom stereocenters. The van der Waals surface area contributed by atoms with Gasteiger partial charge in [0.05, 0.1) is 5.56 Å². The Hall–Kier alpha value is -3.20. The highest BCUT2D eigenvalue weighted by Crippen LogP contribution is 2.19. The Kier molecular flexibility index (Phi) is 5.74. The summed E-state index contributed by atoms with van der Waals surface area (Å²) in [5, 5.41) is 7.03. The van der Waals surface area contributed by atoms with E-state index in [0.717, 1.165) is 11.1 Å². The molecule has 0 radical (unpaired) electrons. The molecule has 8 nitrogen and oxygen atoms in total. The van der Waals surface area contributed by atoms with E-state index in [1.165, 1.54) is 0 Å². The minimum absolute atomic E-state index is 0.121. The van der Waals surface area contributed by atoms with Gasteiger partial charge in [-0.15, -0.1) is 0 Å². The van der Waals surface area contributed by atoms with E-state index in [-0.39, 0.29) is 12.3 Å². The monoisotopic (exact) mass is 399 g/mol. The Labute approximate surface area is 166 Å². The second-order valence-electron chi connectivity index (χ2n) is 6.45. The van der Waals surface area contributed by atoms with Crippen LogP contribution in [0.1, 0.15) is 33.9 Å². The molecule has 0 aliphatic heterocycles. The number of hydrazine groups is 1. The number of amides is 2. The maximum absolute atomic E-state index is 12.2. The van der Waals surface area contributed by atoms with Gasteiger partial charge >= 0.3 is 0 Å². The van der Waals surface area contributed by atoms with Gasteiger partial charge in [-0.3, -0.25) is 30.1 Å². The standard InChI is InChI=1S/C19H21N5O3S/c1-11-5-4-6-14(9-11)17-21-23-19(28)24(17)8-7-16(25)20-22-18(26)15-10-12(2)27-13(15)3/h4-6,9-10H,7-8H2,1-3H3,(H,20,25)(H,22,26)(H,23,28). The lowest BCUT2D eigenvalue weighted by Gasteiger charge is -2.09. The second kappa shape index (κ2) is 8.22. The smallest absolute Gasteiger partial charge is 0.273 e. The van der Waals surface area contributed by atoms with Crippen LogP contribution < -0.4 is 10.9 Å². The largest absolute Gasteiger partial charge is 0.466 e. The van der Waals surface area contributed by atoms with Crippen molar-refractivity contribution in [1.82, 2.24) is 25.6 Å². The number of carbonyl (C=O) groups excluding carboxylic acids is 2. The van der Waals surface area contributed by atoms with Crippen molar-refractivity contribution in [3.8, 4) is 11.4 Å². The zero-order valence-electron chi connectivity index (χ0n) is 15.8. The third-order valence-corrected chi connectivity index (χ3v) is 4.51. The van der Waals surface area contributed by atoms with Crippen LogP contribution >= 0.6 is 12.2 Å². The lowest BCUT2D eigenvalue weighted by Crippen LogP contribution is -2.42. The van der Waals surface area contributed by atoms with Crippen LogP contribution in [-0.4, -0.2) is 26.6 Å². The van der Waals surface area contributed by atoms with Crippen LogP contribution in [0.15, 0.2) is 34.7 Å². The zero-order valence-corrected chi connectivity index (χ0v) is 16.6. The van der Waals surface area contributed by atoms with Crippen LogP contribution in [0.3, 0.4) is 0 Å². The first-order valence-electron chi connectivity index (χ1n) is 8.73. The van der Waals surface area contributed by atoms with Crippen molar-refractivity contribution < 1.29 is 14.0 Å². The number of aryl methyl sites for hydroxylation is 3. The molecule has 28 heavy (non-hydrogen) atoms. The van der Waals surface area contributed by atoms with Crippen molar-refractivity contribution in [3.05, 3.63) is 57.8 Å². The summed E-state index contributed by atoms with van der Waals surface area (Å²) in [7, 11) is 0. The molecule has 9 heteroatoms. The summed E-state index contributed by atoms with van der Waals surface area (Å²) in [4.78, 5) is 24.3. The van der Waals surface area contributed by atoms with E-state index in [0.29, 0.717) is 34.2 Å². The summed E-state index contributed by atoms with van der Waals surface area (Å²) in [5.41, 5.74) is 7.20. The zero-order chi connectivity index (χ0) is 20.3. The fraction of sp³-hybridized carbons (Fsp3) is 0.263. The van der Waals surface area contributed by atoms with Crippen molar-refractivity contribution in [2.45, 2.75) is 33.7 Å². The molecule has 2 amide bonds. The molecule has 1 aromatic carbocycles. The number of benzene rings is 1. The molecular formula is C19H21N5O3S. The quantitative estimate of drug-likeness (QED) is 0.452. The first kappa shape index (κ1) is 19.6. The van der Waals surface area contributed by atoms with Gasteiger partial charge in [-0.25, -0.2) is 0 Å². The first-order valence-corrected chi connectivity index (χ1v) is 9.14. The van der Waals surface area contributed by atoms with Gasteiger partial charge in [0.15, 0.2) is 10.6 Å². The molecular weight excluding hydrogens is 378 g/mol. The van der Waals surface area contributed by atoms with Crippen molar-refractivity contribution in [2.24, 2.45) is 0 Å². The van der Waals surface area contributed by atoms with Gasteiger partial charge in [0.1, 0.15) is 11.5 Å². The molecule has 0 aliphatic carbocycles. The number of rotatable bonds is 5. The summed E-state index contributed by atoms with van der Waals surface area (Å²) in [6.07, 6.45) is 0.121. The van der Waals surface area contributed by atoms with Gasteiger partial charge in [0.25, 0.3) is 5.91 Å². The molecule has 2 aromatic heterocycles. The summed E-state index contributed by atoms with van der Waals surface area (Å²) in [5.74, 6) is 1.02. The molecule has 0 saturated carbocycles. The van der Waals surface area contributed by atoms with Crippen molar-refractivity contribution in [3.63, 3.8) is 0 Å². The van der Waals surface area contributed by atoms with Gasteiger partial charge in [-0.2, -0.15) is 5.10 Å². The molecule has 3 N–H and O–H groups in total. The number of carbonyl (C=O) groups is 2. The second-order valence-corrected chi connectivity index (χ2v) is 6.84. The van der Waals surface area contributed by atoms with Gasteiger partial charge in [0, 0.05) is 18.5 Å². The SMILES string of the molecule is Cc1cccc(-c2n[nH]c(=S)n2CCC(=O)NNC(=O)c2cc(C)oc2C)c1. The molecule has 0 unspecified atom stereocenters. The molecule has 0 spiro atoms. The van der Waals surface area contributed by atoms with E-state index in [1.807, 2.05) is 31.2 Å². The van der Waals surface area contributed by atoms with Crippen LogP contribution in [0.5, 0.6) is 0 Å². The summed E-state index contributed by atoms with van der Waals surface area (Å²) >= 11 is 5.28. The fourth-order valence-corrected chi connectivity index (χ4v) is 3.08. The highest BCUT2D eigenvalue weighted by atomic mass is 32.1. The Morgan fingerprint density at radius 1 is 1.21 bits per heavy atom. The Balaban J connectivity index is 1.61. The molecule has 146 valence electrons. The third-order valence-electron chi connectivity index (χ3n) is 4.20. The summed E-state index contributed by atoms with van der Waals surface area (Å²) in [6, 6.07) is 9.49. The molecule has 0 bridgehead atoms. The van der Waals surface area contributed by atoms with Gasteiger partial charge in [-0.1, -0.05) is 23.8 Å². The molecule has 0 aliphatic rings. The number of hydrogen-bond donors (Lipinski definition) is 3. The predicted octanol–water partition coefficient (Wildman–Crippen LogP) is 2.98. The van der Waals surface area contributed by atoms with Gasteiger partial charge < -0.3 is 4.42 Å². The number of aromatic nitrogens is 3. The molecule has 2 heterocycles. The third kappa shape index (κ3) is 4.37. The van der Waals surface area contributed by atoms with Gasteiger partial charge in [-0.05, 0) is 45.1 Å². The minimum Gasteiger partial charge on any atom is -0.466 e. The van der Waals surface area contributed by atoms with Crippen LogP contribution in [-0.2, 0) is 11.3 Å². The number of H-pyrrole nitrogens is 1. The maximum atomic E-state index is 12.2. The lowest BCUT2D eigenvalue weighted by atomic mass is 10.1. The van der Waals surface area contributed by atoms with Crippen LogP contribution in [0.4, 0.5) is 0 Å². The number of hydrogen-bond acceptors (Lipinski definition) is 5. The Bertz CT molecular complexity index is 1080. The number of aromatic amines is 1. The van der Waals surface area contributed by atoms with Crippen molar-refractivity contribution in [2.75, 3.05) is 0 Å². The first-order chi connectivity index (χ1) is 13.3. The summed E-state index contributed by atoms with van der Waals surface area (Å²) < 4.78 is 7.50. The van der Waals surface area contributed by atoms with E-state index in [4.69, 9.17) is 16.6 Å². The van der Waals surface area contributed by atoms with Crippen LogP contribution in [0.25, 0.3) is 11.4 Å². The normalized spacial score (nSPS) is 10.7. The highest BCUT2D eigenvalue weighted by molar-refractivity contribution is 7.71. The molecule has 0 saturated heterocycles. The Morgan fingerprint density at radius 3 is 2.68 bits per heavy atom. The molecule has 3 rings (SSSR count). The average molecular weight is 399 g/mol. The molecule has 3 aromatic rings. The van der Waals surface area contributed by atoms with Crippen LogP contribution in [0.2, 0.25) is 0 Å². The van der Waals surface area contributed by atoms with Crippen molar-refractivity contribution >= 4 is 24.0 Å². The molecule has 0 fully saturated rings. The van der Waals surface area contributed by atoms with E-state index < -0.39 is 5.91 Å². The number of nitrogens with zero attached hydrogens (tertiary/aromatic N) is 2. The van der Waals surface area contributed by atoms with Crippen LogP contribution in [0, 0.1) is 25.5 Å². The van der Waals surface area contributed by atoms with E-state index in [2.05, 4.69) is 21.0 Å². The number of nitrogens with one attached hydrogen (secondary N) is 3.